The zero-order chi connectivity index (χ0) is 14.7. The zero-order valence-corrected chi connectivity index (χ0v) is 10.5. The molecule has 0 saturated heterocycles. The fraction of sp³-hybridized carbons (Fsp3) is 0.167. The molecule has 0 bridgehead atoms. The van der Waals surface area contributed by atoms with Gasteiger partial charge in [0.2, 0.25) is 0 Å². The van der Waals surface area contributed by atoms with Crippen LogP contribution in [0.5, 0.6) is 5.75 Å². The minimum Gasteiger partial charge on any atom is -0.478 e. The molecule has 0 radical (unpaired) electrons. The van der Waals surface area contributed by atoms with Gasteiger partial charge in [0, 0.05) is 30.1 Å². The van der Waals surface area contributed by atoms with Crippen LogP contribution < -0.4 is 15.6 Å². The van der Waals surface area contributed by atoms with Crippen LogP contribution in [0, 0.1) is 10.1 Å². The highest BCUT2D eigenvalue weighted by molar-refractivity contribution is 5.82. The van der Waals surface area contributed by atoms with Crippen LogP contribution in [0.25, 0.3) is 10.9 Å². The summed E-state index contributed by atoms with van der Waals surface area (Å²) in [6.45, 7) is -0.306. The summed E-state index contributed by atoms with van der Waals surface area (Å²) in [5.74, 6) is -0.454. The van der Waals surface area contributed by atoms with E-state index >= 15 is 0 Å². The summed E-state index contributed by atoms with van der Waals surface area (Å²) in [5.41, 5.74) is -0.148. The van der Waals surface area contributed by atoms with Gasteiger partial charge in [-0.2, -0.15) is 0 Å². The Bertz CT molecular complexity index is 737. The lowest BCUT2D eigenvalue weighted by Gasteiger charge is -2.05. The van der Waals surface area contributed by atoms with Crippen molar-refractivity contribution in [2.24, 2.45) is 0 Å². The first-order chi connectivity index (χ1) is 9.51. The van der Waals surface area contributed by atoms with E-state index in [4.69, 9.17) is 4.74 Å². The van der Waals surface area contributed by atoms with Crippen LogP contribution in [0.2, 0.25) is 0 Å². The van der Waals surface area contributed by atoms with Gasteiger partial charge in [0.05, 0.1) is 4.92 Å². The predicted octanol–water partition coefficient (Wildman–Crippen LogP) is 0.561. The SMILES string of the molecule is CNC(=O)COc1cc2cc([N+](=O)[O-])ccc2[nH]c1=O. The molecule has 0 atom stereocenters. The molecule has 0 unspecified atom stereocenters. The van der Waals surface area contributed by atoms with Crippen LogP contribution in [0.1, 0.15) is 0 Å². The molecule has 2 aromatic rings. The fourth-order valence-corrected chi connectivity index (χ4v) is 1.61. The van der Waals surface area contributed by atoms with E-state index < -0.39 is 10.5 Å². The minimum absolute atomic E-state index is 0.0680. The molecule has 0 spiro atoms. The average molecular weight is 277 g/mol. The number of nitrogens with one attached hydrogen (secondary N) is 2. The average Bonchev–Trinajstić information content (AvgIpc) is 2.44. The van der Waals surface area contributed by atoms with Gasteiger partial charge in [-0.15, -0.1) is 0 Å². The lowest BCUT2D eigenvalue weighted by molar-refractivity contribution is -0.384. The fourth-order valence-electron chi connectivity index (χ4n) is 1.61. The second kappa shape index (κ2) is 5.39. The van der Waals surface area contributed by atoms with Gasteiger partial charge in [-0.05, 0) is 12.1 Å². The number of hydrogen-bond acceptors (Lipinski definition) is 5. The highest BCUT2D eigenvalue weighted by Gasteiger charge is 2.10. The van der Waals surface area contributed by atoms with Gasteiger partial charge in [-0.1, -0.05) is 0 Å². The maximum absolute atomic E-state index is 11.7. The summed E-state index contributed by atoms with van der Waals surface area (Å²) >= 11 is 0. The largest absolute Gasteiger partial charge is 0.478 e. The van der Waals surface area contributed by atoms with Gasteiger partial charge in [0.1, 0.15) is 0 Å². The number of H-pyrrole nitrogens is 1. The number of hydrogen-bond donors (Lipinski definition) is 2. The number of likely N-dealkylation sites (N-methyl/N-ethyl adjacent to an activating group) is 1. The Morgan fingerprint density at radius 1 is 1.45 bits per heavy atom. The van der Waals surface area contributed by atoms with Crippen molar-refractivity contribution >= 4 is 22.5 Å². The van der Waals surface area contributed by atoms with E-state index in [1.54, 1.807) is 0 Å². The highest BCUT2D eigenvalue weighted by atomic mass is 16.6. The molecular weight excluding hydrogens is 266 g/mol. The summed E-state index contributed by atoms with van der Waals surface area (Å²) < 4.78 is 5.07. The number of fused-ring (bicyclic) bond motifs is 1. The maximum Gasteiger partial charge on any atom is 0.290 e. The van der Waals surface area contributed by atoms with E-state index in [1.165, 1.54) is 31.3 Å². The Morgan fingerprint density at radius 2 is 2.20 bits per heavy atom. The molecule has 20 heavy (non-hydrogen) atoms. The Hall–Kier alpha value is -2.90. The van der Waals surface area contributed by atoms with Gasteiger partial charge < -0.3 is 15.0 Å². The summed E-state index contributed by atoms with van der Waals surface area (Å²) in [7, 11) is 1.44. The molecule has 1 aromatic heterocycles. The Kier molecular flexibility index (Phi) is 3.65. The highest BCUT2D eigenvalue weighted by Crippen LogP contribution is 2.20. The monoisotopic (exact) mass is 277 g/mol. The number of carbonyl (C=O) groups excluding carboxylic acids is 1. The van der Waals surface area contributed by atoms with Crippen molar-refractivity contribution in [2.45, 2.75) is 0 Å². The molecule has 0 aliphatic rings. The van der Waals surface area contributed by atoms with Crippen LogP contribution in [-0.2, 0) is 4.79 Å². The number of benzene rings is 1. The first-order valence-electron chi connectivity index (χ1n) is 5.66. The molecule has 1 aromatic carbocycles. The number of ether oxygens (including phenoxy) is 1. The van der Waals surface area contributed by atoms with E-state index in [1.807, 2.05) is 0 Å². The molecule has 0 saturated carbocycles. The smallest absolute Gasteiger partial charge is 0.290 e. The minimum atomic E-state index is -0.532. The van der Waals surface area contributed by atoms with Gasteiger partial charge in [0.15, 0.2) is 12.4 Å². The number of pyridine rings is 1. The van der Waals surface area contributed by atoms with Crippen molar-refractivity contribution in [3.05, 3.63) is 44.7 Å². The zero-order valence-electron chi connectivity index (χ0n) is 10.5. The number of rotatable bonds is 4. The van der Waals surface area contributed by atoms with Gasteiger partial charge >= 0.3 is 0 Å². The molecule has 1 amide bonds. The molecule has 0 fully saturated rings. The summed E-state index contributed by atoms with van der Waals surface area (Å²) in [4.78, 5) is 35.5. The number of amides is 1. The van der Waals surface area contributed by atoms with Crippen molar-refractivity contribution in [3.8, 4) is 5.75 Å². The third-order valence-electron chi connectivity index (χ3n) is 2.64. The van der Waals surface area contributed by atoms with Gasteiger partial charge in [0.25, 0.3) is 17.2 Å². The first-order valence-corrected chi connectivity index (χ1v) is 5.66. The van der Waals surface area contributed by atoms with Crippen LogP contribution in [0.4, 0.5) is 5.69 Å². The van der Waals surface area contributed by atoms with Crippen molar-refractivity contribution in [1.29, 1.82) is 0 Å². The quantitative estimate of drug-likeness (QED) is 0.626. The second-order valence-electron chi connectivity index (χ2n) is 3.95. The molecule has 0 aliphatic heterocycles. The van der Waals surface area contributed by atoms with Crippen LogP contribution in [0.15, 0.2) is 29.1 Å². The topological polar surface area (TPSA) is 114 Å². The Morgan fingerprint density at radius 3 is 2.85 bits per heavy atom. The summed E-state index contributed by atoms with van der Waals surface area (Å²) in [6, 6.07) is 5.42. The van der Waals surface area contributed by atoms with Crippen LogP contribution >= 0.6 is 0 Å². The lowest BCUT2D eigenvalue weighted by atomic mass is 10.2. The summed E-state index contributed by atoms with van der Waals surface area (Å²) in [5, 5.41) is 13.5. The van der Waals surface area contributed by atoms with Gasteiger partial charge in [-0.25, -0.2) is 0 Å². The normalized spacial score (nSPS) is 10.2. The van der Waals surface area contributed by atoms with E-state index in [2.05, 4.69) is 10.3 Å². The number of non-ortho nitro benzene ring substituents is 1. The molecule has 2 rings (SSSR count). The third kappa shape index (κ3) is 2.74. The second-order valence-corrected chi connectivity index (χ2v) is 3.95. The Balaban J connectivity index is 2.40. The first kappa shape index (κ1) is 13.5. The van der Waals surface area contributed by atoms with E-state index in [0.29, 0.717) is 10.9 Å². The maximum atomic E-state index is 11.7. The number of aromatic nitrogens is 1. The van der Waals surface area contributed by atoms with E-state index in [9.17, 15) is 19.7 Å². The molecule has 104 valence electrons. The molecule has 2 N–H and O–H groups in total. The molecular formula is C12H11N3O5. The Labute approximate surface area is 112 Å². The number of aromatic amines is 1. The van der Waals surface area contributed by atoms with Crippen molar-refractivity contribution in [2.75, 3.05) is 13.7 Å². The standard InChI is InChI=1S/C12H11N3O5/c1-13-11(16)6-20-10-5-7-4-8(15(18)19)2-3-9(7)14-12(10)17/h2-5H,6H2,1H3,(H,13,16)(H,14,17). The molecule has 8 nitrogen and oxygen atoms in total. The molecule has 8 heteroatoms. The van der Waals surface area contributed by atoms with E-state index in [0.717, 1.165) is 0 Å². The van der Waals surface area contributed by atoms with Crippen molar-refractivity contribution in [3.63, 3.8) is 0 Å². The predicted molar refractivity (Wildman–Crippen MR) is 70.8 cm³/mol. The lowest BCUT2D eigenvalue weighted by Crippen LogP contribution is -2.26. The van der Waals surface area contributed by atoms with Crippen LogP contribution in [0.3, 0.4) is 0 Å². The van der Waals surface area contributed by atoms with Crippen LogP contribution in [-0.4, -0.2) is 29.5 Å². The van der Waals surface area contributed by atoms with E-state index in [-0.39, 0.29) is 24.0 Å². The molecule has 1 heterocycles. The number of nitro groups is 1. The summed E-state index contributed by atoms with van der Waals surface area (Å²) in [6.07, 6.45) is 0. The third-order valence-corrected chi connectivity index (χ3v) is 2.64. The molecule has 0 aliphatic carbocycles. The van der Waals surface area contributed by atoms with Crippen molar-refractivity contribution < 1.29 is 14.5 Å². The van der Waals surface area contributed by atoms with Gasteiger partial charge in [-0.3, -0.25) is 19.7 Å². The number of carbonyl (C=O) groups is 1. The number of nitro benzene ring substituents is 1. The number of nitrogens with zero attached hydrogens (tertiary/aromatic N) is 1. The van der Waals surface area contributed by atoms with Crippen molar-refractivity contribution in [1.82, 2.24) is 10.3 Å².